The molecule has 0 aromatic rings. The van der Waals surface area contributed by atoms with Gasteiger partial charge >= 0.3 is 21.8 Å². The Morgan fingerprint density at radius 1 is 1.14 bits per heavy atom. The Bertz CT molecular complexity index is 27.5. The summed E-state index contributed by atoms with van der Waals surface area (Å²) in [5.41, 5.74) is 0. The molecule has 1 fully saturated rings. The predicted molar refractivity (Wildman–Crippen MR) is 23.5 cm³/mol. The summed E-state index contributed by atoms with van der Waals surface area (Å²) in [4.78, 5) is 0. The fraction of sp³-hybridized carbons (Fsp3) is 0.800. The van der Waals surface area contributed by atoms with Gasteiger partial charge in [0, 0.05) is 0 Å². The number of rotatable bonds is 0. The third-order valence-corrected chi connectivity index (χ3v) is 1.07. The molecule has 0 N–H and O–H groups in total. The van der Waals surface area contributed by atoms with Crippen LogP contribution in [0.3, 0.4) is 0 Å². The van der Waals surface area contributed by atoms with Crippen LogP contribution < -0.4 is 0 Å². The standard InChI is InChI=1S/C5H9.O.Zn/c1-2-4-5-3-1;;/h1H,2-5H2;;. The second-order valence-corrected chi connectivity index (χ2v) is 1.57. The van der Waals surface area contributed by atoms with Gasteiger partial charge in [0.05, 0.1) is 0 Å². The molecule has 7 heavy (non-hydrogen) atoms. The quantitative estimate of drug-likeness (QED) is 0.480. The van der Waals surface area contributed by atoms with Crippen molar-refractivity contribution >= 4 is 0 Å². The van der Waals surface area contributed by atoms with E-state index in [1.165, 1.54) is 25.7 Å². The molecule has 0 heterocycles. The summed E-state index contributed by atoms with van der Waals surface area (Å²) < 4.78 is 8.38. The van der Waals surface area contributed by atoms with Crippen LogP contribution in [0, 0.1) is 6.42 Å². The minimum atomic E-state index is 0.125. The molecule has 0 aromatic heterocycles. The summed E-state index contributed by atoms with van der Waals surface area (Å²) in [5, 5.41) is 0. The van der Waals surface area contributed by atoms with Gasteiger partial charge in [0.1, 0.15) is 0 Å². The topological polar surface area (TPSA) is 17.1 Å². The average Bonchev–Trinajstić information content (AvgIpc) is 2.23. The van der Waals surface area contributed by atoms with E-state index in [1.807, 2.05) is 0 Å². The van der Waals surface area contributed by atoms with E-state index < -0.39 is 0 Å². The van der Waals surface area contributed by atoms with Crippen LogP contribution in [0.2, 0.25) is 0 Å². The Labute approximate surface area is 54.4 Å². The Hall–Kier alpha value is 0.423. The predicted octanol–water partition coefficient (Wildman–Crippen LogP) is 1.64. The third kappa shape index (κ3) is 4.27. The van der Waals surface area contributed by atoms with E-state index >= 15 is 0 Å². The summed E-state index contributed by atoms with van der Waals surface area (Å²) in [5.74, 6) is 0. The van der Waals surface area contributed by atoms with Crippen molar-refractivity contribution in [3.05, 3.63) is 6.42 Å². The van der Waals surface area contributed by atoms with E-state index in [4.69, 9.17) is 3.57 Å². The molecule has 0 unspecified atom stereocenters. The van der Waals surface area contributed by atoms with Crippen molar-refractivity contribution < 1.29 is 21.8 Å². The molecular formula is C5H9OZn. The van der Waals surface area contributed by atoms with Crippen molar-refractivity contribution in [3.63, 3.8) is 0 Å². The second kappa shape index (κ2) is 6.42. The van der Waals surface area contributed by atoms with Gasteiger partial charge in [0.2, 0.25) is 0 Å². The molecule has 1 radical (unpaired) electrons. The summed E-state index contributed by atoms with van der Waals surface area (Å²) in [6.45, 7) is 0. The van der Waals surface area contributed by atoms with Gasteiger partial charge in [0.25, 0.3) is 0 Å². The van der Waals surface area contributed by atoms with Crippen LogP contribution in [-0.2, 0) is 21.8 Å². The van der Waals surface area contributed by atoms with Crippen molar-refractivity contribution in [2.45, 2.75) is 25.7 Å². The average molecular weight is 151 g/mol. The zero-order valence-electron chi connectivity index (χ0n) is 4.52. The fourth-order valence-electron chi connectivity index (χ4n) is 0.722. The van der Waals surface area contributed by atoms with Crippen LogP contribution in [0.1, 0.15) is 25.7 Å². The molecule has 0 aliphatic heterocycles. The van der Waals surface area contributed by atoms with E-state index in [2.05, 4.69) is 6.42 Å². The molecule has 1 aliphatic carbocycles. The Kier molecular flexibility index (Phi) is 6.81. The zero-order valence-corrected chi connectivity index (χ0v) is 7.49. The van der Waals surface area contributed by atoms with Crippen molar-refractivity contribution in [1.82, 2.24) is 0 Å². The molecule has 1 rings (SSSR count). The number of hydrogen-bond acceptors (Lipinski definition) is 1. The van der Waals surface area contributed by atoms with E-state index in [1.54, 1.807) is 0 Å². The summed E-state index contributed by atoms with van der Waals surface area (Å²) >= 11 is 0.125. The van der Waals surface area contributed by atoms with Crippen molar-refractivity contribution in [2.75, 3.05) is 0 Å². The second-order valence-electron chi connectivity index (χ2n) is 1.57. The summed E-state index contributed by atoms with van der Waals surface area (Å²) in [7, 11) is 0. The Morgan fingerprint density at radius 3 is 1.71 bits per heavy atom. The van der Waals surface area contributed by atoms with Gasteiger partial charge in [-0.1, -0.05) is 25.7 Å². The normalized spacial score (nSPS) is 18.0. The third-order valence-electron chi connectivity index (χ3n) is 1.07. The van der Waals surface area contributed by atoms with Gasteiger partial charge in [-0.2, -0.15) is 0 Å². The molecule has 0 spiro atoms. The first-order valence-corrected chi connectivity index (χ1v) is 3.82. The molecule has 0 aromatic carbocycles. The SMILES string of the molecule is [CH]1CCCC1.[O]=[Zn]. The first-order chi connectivity index (χ1) is 3.50. The van der Waals surface area contributed by atoms with Gasteiger partial charge in [0.15, 0.2) is 0 Å². The molecule has 1 aliphatic rings. The molecule has 0 bridgehead atoms. The van der Waals surface area contributed by atoms with E-state index in [9.17, 15) is 0 Å². The summed E-state index contributed by atoms with van der Waals surface area (Å²) in [6, 6.07) is 0. The van der Waals surface area contributed by atoms with Crippen LogP contribution >= 0.6 is 0 Å². The van der Waals surface area contributed by atoms with Gasteiger partial charge in [-0.25, -0.2) is 0 Å². The van der Waals surface area contributed by atoms with Gasteiger partial charge in [-0.15, -0.1) is 0 Å². The fourth-order valence-corrected chi connectivity index (χ4v) is 0.722. The minimum absolute atomic E-state index is 0.125. The summed E-state index contributed by atoms with van der Waals surface area (Å²) in [6.07, 6.45) is 8.00. The molecule has 0 saturated heterocycles. The van der Waals surface area contributed by atoms with Crippen LogP contribution in [0.25, 0.3) is 0 Å². The van der Waals surface area contributed by atoms with Gasteiger partial charge in [-0.3, -0.25) is 0 Å². The van der Waals surface area contributed by atoms with Crippen LogP contribution in [0.15, 0.2) is 0 Å². The zero-order chi connectivity index (χ0) is 5.54. The van der Waals surface area contributed by atoms with Crippen LogP contribution in [-0.4, -0.2) is 0 Å². The van der Waals surface area contributed by atoms with Crippen molar-refractivity contribution in [3.8, 4) is 0 Å². The van der Waals surface area contributed by atoms with Gasteiger partial charge in [-0.05, 0) is 6.42 Å². The maximum atomic E-state index is 8.38. The molecule has 0 atom stereocenters. The van der Waals surface area contributed by atoms with E-state index in [0.29, 0.717) is 0 Å². The van der Waals surface area contributed by atoms with Crippen LogP contribution in [0.4, 0.5) is 0 Å². The maximum absolute atomic E-state index is 8.38. The molecule has 1 saturated carbocycles. The van der Waals surface area contributed by atoms with Crippen molar-refractivity contribution in [2.24, 2.45) is 0 Å². The first kappa shape index (κ1) is 7.42. The first-order valence-electron chi connectivity index (χ1n) is 2.61. The molecule has 1 nitrogen and oxygen atoms in total. The van der Waals surface area contributed by atoms with Gasteiger partial charge < -0.3 is 0 Å². The Morgan fingerprint density at radius 2 is 1.57 bits per heavy atom. The monoisotopic (exact) mass is 149 g/mol. The molecule has 2 heteroatoms. The number of hydrogen-bond donors (Lipinski definition) is 0. The van der Waals surface area contributed by atoms with E-state index in [-0.39, 0.29) is 18.3 Å². The van der Waals surface area contributed by atoms with E-state index in [0.717, 1.165) is 0 Å². The molecule has 0 amide bonds. The molecule has 37 valence electrons. The Balaban J connectivity index is 0.000000162. The van der Waals surface area contributed by atoms with Crippen LogP contribution in [0.5, 0.6) is 0 Å². The van der Waals surface area contributed by atoms with Crippen molar-refractivity contribution in [1.29, 1.82) is 0 Å². The molecular weight excluding hydrogens is 141 g/mol.